The van der Waals surface area contributed by atoms with Gasteiger partial charge in [0.05, 0.1) is 6.61 Å². The summed E-state index contributed by atoms with van der Waals surface area (Å²) in [6.45, 7) is 13.5. The van der Waals surface area contributed by atoms with Crippen molar-refractivity contribution >= 4 is 11.9 Å². The molecule has 25 heavy (non-hydrogen) atoms. The zero-order valence-corrected chi connectivity index (χ0v) is 16.4. The van der Waals surface area contributed by atoms with Crippen LogP contribution in [0, 0.1) is 0 Å². The number of rotatable bonds is 5. The van der Waals surface area contributed by atoms with E-state index in [0.29, 0.717) is 12.2 Å². The first-order valence-corrected chi connectivity index (χ1v) is 8.54. The summed E-state index contributed by atoms with van der Waals surface area (Å²) in [5.74, 6) is -0.0890. The van der Waals surface area contributed by atoms with Crippen molar-refractivity contribution in [2.75, 3.05) is 6.61 Å². The van der Waals surface area contributed by atoms with Crippen molar-refractivity contribution in [3.8, 4) is 11.5 Å². The van der Waals surface area contributed by atoms with Crippen LogP contribution in [0.4, 0.5) is 0 Å². The Morgan fingerprint density at radius 2 is 1.48 bits per heavy atom. The van der Waals surface area contributed by atoms with Gasteiger partial charge in [0.15, 0.2) is 0 Å². The molecule has 1 N–H and O–H groups in total. The van der Waals surface area contributed by atoms with Gasteiger partial charge in [0.2, 0.25) is 0 Å². The first-order chi connectivity index (χ1) is 11.3. The molecule has 0 saturated carbocycles. The molecule has 0 atom stereocenters. The molecule has 0 aliphatic carbocycles. The average molecular weight is 350 g/mol. The fourth-order valence-electron chi connectivity index (χ4n) is 2.43. The van der Waals surface area contributed by atoms with Crippen molar-refractivity contribution in [1.29, 1.82) is 0 Å². The van der Waals surface area contributed by atoms with E-state index in [9.17, 15) is 14.7 Å². The van der Waals surface area contributed by atoms with Crippen LogP contribution in [0.15, 0.2) is 12.1 Å². The Hall–Kier alpha value is -2.04. The first-order valence-electron chi connectivity index (χ1n) is 8.54. The summed E-state index contributed by atoms with van der Waals surface area (Å²) in [6.07, 6.45) is 0.568. The Morgan fingerprint density at radius 1 is 1.00 bits per heavy atom. The minimum atomic E-state index is -0.391. The molecular weight excluding hydrogens is 320 g/mol. The molecular formula is C20H30O5. The third-order valence-electron chi connectivity index (χ3n) is 3.76. The molecule has 0 spiro atoms. The maximum atomic E-state index is 12.0. The standard InChI is InChI=1S/C20H30O5/c1-13(21)24-10-8-9-17(22)25-14-11-15(19(2,3)4)18(23)16(12-14)20(5,6)7/h11-12,23H,8-10H2,1-7H3. The number of carbonyl (C=O) groups excluding carboxylic acids is 2. The Labute approximate surface area is 150 Å². The van der Waals surface area contributed by atoms with Gasteiger partial charge in [0.25, 0.3) is 0 Å². The number of esters is 2. The summed E-state index contributed by atoms with van der Waals surface area (Å²) in [5.41, 5.74) is 0.897. The number of hydrogen-bond donors (Lipinski definition) is 1. The molecule has 0 radical (unpaired) electrons. The number of benzene rings is 1. The van der Waals surface area contributed by atoms with E-state index >= 15 is 0 Å². The summed E-state index contributed by atoms with van der Waals surface area (Å²) in [6, 6.07) is 3.43. The number of carbonyl (C=O) groups is 2. The van der Waals surface area contributed by atoms with Gasteiger partial charge in [-0.1, -0.05) is 41.5 Å². The van der Waals surface area contributed by atoms with Crippen molar-refractivity contribution in [2.45, 2.75) is 72.1 Å². The lowest BCUT2D eigenvalue weighted by Gasteiger charge is -2.27. The van der Waals surface area contributed by atoms with Crippen LogP contribution in [0.5, 0.6) is 11.5 Å². The molecule has 140 valence electrons. The van der Waals surface area contributed by atoms with Crippen LogP contribution in [0.1, 0.15) is 72.4 Å². The summed E-state index contributed by atoms with van der Waals surface area (Å²) >= 11 is 0. The molecule has 0 saturated heterocycles. The van der Waals surface area contributed by atoms with Crippen LogP contribution in [-0.2, 0) is 25.2 Å². The number of hydrogen-bond acceptors (Lipinski definition) is 5. The molecule has 1 aromatic rings. The SMILES string of the molecule is CC(=O)OCCCC(=O)Oc1cc(C(C)(C)C)c(O)c(C(C)(C)C)c1. The fourth-order valence-corrected chi connectivity index (χ4v) is 2.43. The van der Waals surface area contributed by atoms with Crippen molar-refractivity contribution in [3.63, 3.8) is 0 Å². The van der Waals surface area contributed by atoms with E-state index in [0.717, 1.165) is 11.1 Å². The predicted octanol–water partition coefficient (Wildman–Crippen LogP) is 4.24. The van der Waals surface area contributed by atoms with Gasteiger partial charge in [-0.2, -0.15) is 0 Å². The van der Waals surface area contributed by atoms with Crippen LogP contribution in [-0.4, -0.2) is 23.7 Å². The van der Waals surface area contributed by atoms with Crippen molar-refractivity contribution in [2.24, 2.45) is 0 Å². The van der Waals surface area contributed by atoms with Crippen LogP contribution in [0.3, 0.4) is 0 Å². The molecule has 0 aliphatic rings. The number of phenols is 1. The number of aromatic hydroxyl groups is 1. The van der Waals surface area contributed by atoms with Crippen LogP contribution < -0.4 is 4.74 Å². The van der Waals surface area contributed by atoms with Gasteiger partial charge in [-0.15, -0.1) is 0 Å². The summed E-state index contributed by atoms with van der Waals surface area (Å²) in [5, 5.41) is 10.7. The fraction of sp³-hybridized carbons (Fsp3) is 0.600. The van der Waals surface area contributed by atoms with Gasteiger partial charge < -0.3 is 14.6 Å². The van der Waals surface area contributed by atoms with Gasteiger partial charge in [-0.05, 0) is 29.4 Å². The Kier molecular flexibility index (Phi) is 6.63. The monoisotopic (exact) mass is 350 g/mol. The second-order valence-corrected chi connectivity index (χ2v) is 8.28. The second-order valence-electron chi connectivity index (χ2n) is 8.28. The summed E-state index contributed by atoms with van der Waals surface area (Å²) < 4.78 is 10.3. The zero-order chi connectivity index (χ0) is 19.4. The minimum Gasteiger partial charge on any atom is -0.507 e. The number of phenolic OH excluding ortho intramolecular Hbond substituents is 1. The van der Waals surface area contributed by atoms with Crippen LogP contribution in [0.25, 0.3) is 0 Å². The largest absolute Gasteiger partial charge is 0.507 e. The predicted molar refractivity (Wildman–Crippen MR) is 97.0 cm³/mol. The molecule has 0 amide bonds. The molecule has 1 rings (SSSR count). The smallest absolute Gasteiger partial charge is 0.311 e. The minimum absolute atomic E-state index is 0.157. The van der Waals surface area contributed by atoms with Crippen molar-refractivity contribution < 1.29 is 24.2 Å². The van der Waals surface area contributed by atoms with E-state index in [2.05, 4.69) is 0 Å². The molecule has 0 bridgehead atoms. The van der Waals surface area contributed by atoms with E-state index in [-0.39, 0.29) is 35.6 Å². The summed E-state index contributed by atoms with van der Waals surface area (Å²) in [7, 11) is 0. The topological polar surface area (TPSA) is 72.8 Å². The van der Waals surface area contributed by atoms with Crippen molar-refractivity contribution in [1.82, 2.24) is 0 Å². The highest BCUT2D eigenvalue weighted by Gasteiger charge is 2.27. The Morgan fingerprint density at radius 3 is 1.88 bits per heavy atom. The van der Waals surface area contributed by atoms with Crippen LogP contribution >= 0.6 is 0 Å². The quantitative estimate of drug-likeness (QED) is 0.488. The molecule has 0 aromatic heterocycles. The molecule has 0 fully saturated rings. The zero-order valence-electron chi connectivity index (χ0n) is 16.4. The lowest BCUT2D eigenvalue weighted by molar-refractivity contribution is -0.142. The van der Waals surface area contributed by atoms with Gasteiger partial charge >= 0.3 is 11.9 Å². The molecule has 0 aliphatic heterocycles. The van der Waals surface area contributed by atoms with E-state index < -0.39 is 5.97 Å². The average Bonchev–Trinajstić information content (AvgIpc) is 2.42. The third kappa shape index (κ3) is 6.40. The normalized spacial score (nSPS) is 12.0. The highest BCUT2D eigenvalue weighted by atomic mass is 16.5. The van der Waals surface area contributed by atoms with E-state index in [4.69, 9.17) is 9.47 Å². The Balaban J connectivity index is 3.00. The number of ether oxygens (including phenoxy) is 2. The van der Waals surface area contributed by atoms with Crippen LogP contribution in [0.2, 0.25) is 0 Å². The van der Waals surface area contributed by atoms with E-state index in [1.165, 1.54) is 6.92 Å². The lowest BCUT2D eigenvalue weighted by atomic mass is 9.79. The van der Waals surface area contributed by atoms with E-state index in [1.54, 1.807) is 12.1 Å². The van der Waals surface area contributed by atoms with Gasteiger partial charge in [-0.3, -0.25) is 9.59 Å². The molecule has 5 nitrogen and oxygen atoms in total. The van der Waals surface area contributed by atoms with Gasteiger partial charge in [0.1, 0.15) is 11.5 Å². The maximum Gasteiger partial charge on any atom is 0.311 e. The highest BCUT2D eigenvalue weighted by molar-refractivity contribution is 5.73. The first kappa shape index (κ1) is 21.0. The molecule has 1 aromatic carbocycles. The van der Waals surface area contributed by atoms with Crippen molar-refractivity contribution in [3.05, 3.63) is 23.3 Å². The lowest BCUT2D eigenvalue weighted by Crippen LogP contribution is -2.18. The Bertz CT molecular complexity index is 597. The van der Waals surface area contributed by atoms with E-state index in [1.807, 2.05) is 41.5 Å². The second kappa shape index (κ2) is 7.89. The summed E-state index contributed by atoms with van der Waals surface area (Å²) in [4.78, 5) is 22.8. The maximum absolute atomic E-state index is 12.0. The van der Waals surface area contributed by atoms with Gasteiger partial charge in [-0.25, -0.2) is 0 Å². The molecule has 5 heteroatoms. The molecule has 0 heterocycles. The van der Waals surface area contributed by atoms with Gasteiger partial charge in [0, 0.05) is 24.5 Å². The highest BCUT2D eigenvalue weighted by Crippen LogP contribution is 2.41. The third-order valence-corrected chi connectivity index (χ3v) is 3.76. The molecule has 0 unspecified atom stereocenters.